The van der Waals surface area contributed by atoms with Gasteiger partial charge < -0.3 is 10.2 Å². The van der Waals surface area contributed by atoms with Crippen LogP contribution in [0.15, 0.2) is 64.6 Å². The molecule has 3 aromatic rings. The van der Waals surface area contributed by atoms with Crippen LogP contribution in [0.1, 0.15) is 25.0 Å². The van der Waals surface area contributed by atoms with E-state index in [1.807, 2.05) is 44.3 Å². The number of para-hydroxylation sites is 1. The lowest BCUT2D eigenvalue weighted by molar-refractivity contribution is -0.112. The SMILES string of the molecule is Cc1cccc(Nc2nnc(SCC(=O)/C=C3/N(C)c4ccccc4C3(C)C)s2)c1. The number of ketones is 1. The minimum absolute atomic E-state index is 0.0751. The van der Waals surface area contributed by atoms with Crippen LogP contribution in [0.4, 0.5) is 16.5 Å². The molecule has 7 heteroatoms. The van der Waals surface area contributed by atoms with E-state index in [-0.39, 0.29) is 11.2 Å². The maximum absolute atomic E-state index is 12.7. The Balaban J connectivity index is 1.40. The Hall–Kier alpha value is -2.64. The zero-order chi connectivity index (χ0) is 21.3. The molecular weight excluding hydrogens is 412 g/mol. The second kappa shape index (κ2) is 8.24. The number of aromatic nitrogens is 2. The number of aryl methyl sites for hydroxylation is 1. The number of anilines is 3. The van der Waals surface area contributed by atoms with E-state index in [9.17, 15) is 4.79 Å². The molecule has 2 heterocycles. The maximum atomic E-state index is 12.7. The van der Waals surface area contributed by atoms with E-state index < -0.39 is 0 Å². The fourth-order valence-electron chi connectivity index (χ4n) is 3.75. The molecule has 1 aromatic heterocycles. The highest BCUT2D eigenvalue weighted by atomic mass is 32.2. The Bertz CT molecular complexity index is 1120. The van der Waals surface area contributed by atoms with Gasteiger partial charge >= 0.3 is 0 Å². The van der Waals surface area contributed by atoms with E-state index in [1.165, 1.54) is 34.2 Å². The van der Waals surface area contributed by atoms with Crippen LogP contribution in [0.3, 0.4) is 0 Å². The van der Waals surface area contributed by atoms with Gasteiger partial charge in [-0.3, -0.25) is 4.79 Å². The fraction of sp³-hybridized carbons (Fsp3) is 0.261. The van der Waals surface area contributed by atoms with Gasteiger partial charge in [-0.15, -0.1) is 10.2 Å². The number of benzene rings is 2. The third kappa shape index (κ3) is 4.13. The van der Waals surface area contributed by atoms with Crippen molar-refractivity contribution in [2.45, 2.75) is 30.5 Å². The zero-order valence-electron chi connectivity index (χ0n) is 17.5. The summed E-state index contributed by atoms with van der Waals surface area (Å²) in [6.07, 6.45) is 1.78. The summed E-state index contributed by atoms with van der Waals surface area (Å²) in [4.78, 5) is 14.8. The second-order valence-electron chi connectivity index (χ2n) is 7.85. The Labute approximate surface area is 185 Å². The van der Waals surface area contributed by atoms with Gasteiger partial charge in [0.2, 0.25) is 5.13 Å². The van der Waals surface area contributed by atoms with Crippen molar-refractivity contribution in [2.75, 3.05) is 23.0 Å². The number of hydrogen-bond donors (Lipinski definition) is 1. The van der Waals surface area contributed by atoms with Crippen LogP contribution >= 0.6 is 23.1 Å². The highest BCUT2D eigenvalue weighted by Gasteiger charge is 2.38. The third-order valence-corrected chi connectivity index (χ3v) is 7.25. The number of nitrogens with zero attached hydrogens (tertiary/aromatic N) is 3. The van der Waals surface area contributed by atoms with Gasteiger partial charge in [-0.1, -0.05) is 67.3 Å². The van der Waals surface area contributed by atoms with Crippen LogP contribution < -0.4 is 10.2 Å². The minimum atomic E-state index is -0.195. The van der Waals surface area contributed by atoms with Crippen molar-refractivity contribution >= 4 is 45.4 Å². The van der Waals surface area contributed by atoms with Crippen LogP contribution in [0, 0.1) is 6.92 Å². The fourth-order valence-corrected chi connectivity index (χ4v) is 5.35. The molecule has 0 amide bonds. The average molecular weight is 437 g/mol. The molecule has 0 radical (unpaired) electrons. The molecule has 0 atom stereocenters. The first-order chi connectivity index (χ1) is 14.3. The first kappa shape index (κ1) is 20.6. The summed E-state index contributed by atoms with van der Waals surface area (Å²) >= 11 is 2.88. The Morgan fingerprint density at radius 1 is 1.20 bits per heavy atom. The van der Waals surface area contributed by atoms with E-state index in [1.54, 1.807) is 6.08 Å². The highest BCUT2D eigenvalue weighted by molar-refractivity contribution is 8.01. The van der Waals surface area contributed by atoms with Crippen molar-refractivity contribution in [2.24, 2.45) is 0 Å². The topological polar surface area (TPSA) is 58.1 Å². The minimum Gasteiger partial charge on any atom is -0.347 e. The molecule has 1 N–H and O–H groups in total. The van der Waals surface area contributed by atoms with Crippen molar-refractivity contribution in [3.05, 3.63) is 71.4 Å². The van der Waals surface area contributed by atoms with Crippen molar-refractivity contribution in [1.29, 1.82) is 0 Å². The van der Waals surface area contributed by atoms with Gasteiger partial charge in [0.25, 0.3) is 0 Å². The summed E-state index contributed by atoms with van der Waals surface area (Å²) in [5.74, 6) is 0.411. The molecule has 1 aliphatic rings. The molecule has 154 valence electrons. The standard InChI is InChI=1S/C23H24N4OS2/c1-15-8-7-9-16(12-15)24-21-25-26-22(30-21)29-14-17(28)13-20-23(2,3)18-10-5-6-11-19(18)27(20)4/h5-13H,14H2,1-4H3,(H,24,25)/b20-13+. The molecule has 0 unspecified atom stereocenters. The van der Waals surface area contributed by atoms with Crippen molar-refractivity contribution in [3.63, 3.8) is 0 Å². The summed E-state index contributed by atoms with van der Waals surface area (Å²) in [7, 11) is 2.02. The van der Waals surface area contributed by atoms with Gasteiger partial charge in [0, 0.05) is 35.6 Å². The number of fused-ring (bicyclic) bond motifs is 1. The van der Waals surface area contributed by atoms with E-state index in [0.717, 1.165) is 26.5 Å². The monoisotopic (exact) mass is 436 g/mol. The molecule has 1 aliphatic heterocycles. The largest absolute Gasteiger partial charge is 0.347 e. The van der Waals surface area contributed by atoms with Crippen LogP contribution in [0.5, 0.6) is 0 Å². The molecule has 0 fully saturated rings. The lowest BCUT2D eigenvalue weighted by Gasteiger charge is -2.23. The van der Waals surface area contributed by atoms with E-state index in [2.05, 4.69) is 52.5 Å². The molecule has 30 heavy (non-hydrogen) atoms. The maximum Gasteiger partial charge on any atom is 0.210 e. The molecule has 2 aromatic carbocycles. The highest BCUT2D eigenvalue weighted by Crippen LogP contribution is 2.46. The quantitative estimate of drug-likeness (QED) is 0.403. The number of likely N-dealkylation sites (N-methyl/N-ethyl adjacent to an activating group) is 1. The summed E-state index contributed by atoms with van der Waals surface area (Å²) in [6.45, 7) is 6.37. The summed E-state index contributed by atoms with van der Waals surface area (Å²) in [5, 5.41) is 12.4. The molecular formula is C23H24N4OS2. The number of carbonyl (C=O) groups is 1. The molecule has 0 bridgehead atoms. The van der Waals surface area contributed by atoms with Gasteiger partial charge in [0.05, 0.1) is 5.75 Å². The third-order valence-electron chi connectivity index (χ3n) is 5.25. The lowest BCUT2D eigenvalue weighted by Crippen LogP contribution is -2.24. The van der Waals surface area contributed by atoms with Gasteiger partial charge in [0.1, 0.15) is 0 Å². The molecule has 0 saturated heterocycles. The van der Waals surface area contributed by atoms with E-state index in [4.69, 9.17) is 0 Å². The predicted molar refractivity (Wildman–Crippen MR) is 126 cm³/mol. The van der Waals surface area contributed by atoms with Crippen LogP contribution in [-0.4, -0.2) is 28.8 Å². The molecule has 4 rings (SSSR count). The second-order valence-corrected chi connectivity index (χ2v) is 10.1. The molecule has 0 spiro atoms. The van der Waals surface area contributed by atoms with Gasteiger partial charge in [-0.25, -0.2) is 0 Å². The number of hydrogen-bond acceptors (Lipinski definition) is 7. The van der Waals surface area contributed by atoms with Gasteiger partial charge in [-0.05, 0) is 36.2 Å². The Morgan fingerprint density at radius 3 is 2.77 bits per heavy atom. The Morgan fingerprint density at radius 2 is 2.00 bits per heavy atom. The number of nitrogens with one attached hydrogen (secondary N) is 1. The molecule has 5 nitrogen and oxygen atoms in total. The number of thioether (sulfide) groups is 1. The van der Waals surface area contributed by atoms with E-state index in [0.29, 0.717) is 5.75 Å². The predicted octanol–water partition coefficient (Wildman–Crippen LogP) is 5.56. The normalized spacial score (nSPS) is 16.0. The number of allylic oxidation sites excluding steroid dienone is 2. The van der Waals surface area contributed by atoms with E-state index >= 15 is 0 Å². The Kier molecular flexibility index (Phi) is 5.66. The van der Waals surface area contributed by atoms with Crippen LogP contribution in [-0.2, 0) is 10.2 Å². The van der Waals surface area contributed by atoms with Crippen molar-refractivity contribution in [1.82, 2.24) is 10.2 Å². The summed E-state index contributed by atoms with van der Waals surface area (Å²) in [5.41, 5.74) is 5.39. The van der Waals surface area contributed by atoms with Gasteiger partial charge in [-0.2, -0.15) is 0 Å². The summed E-state index contributed by atoms with van der Waals surface area (Å²) < 4.78 is 0.777. The smallest absolute Gasteiger partial charge is 0.210 e. The first-order valence-corrected chi connectivity index (χ1v) is 11.5. The number of carbonyl (C=O) groups excluding carboxylic acids is 1. The molecule has 0 saturated carbocycles. The lowest BCUT2D eigenvalue weighted by atomic mass is 9.83. The summed E-state index contributed by atoms with van der Waals surface area (Å²) in [6, 6.07) is 16.4. The zero-order valence-corrected chi connectivity index (χ0v) is 19.1. The molecule has 0 aliphatic carbocycles. The first-order valence-electron chi connectivity index (χ1n) is 9.73. The van der Waals surface area contributed by atoms with Gasteiger partial charge in [0.15, 0.2) is 10.1 Å². The van der Waals surface area contributed by atoms with Crippen molar-refractivity contribution in [3.8, 4) is 0 Å². The van der Waals surface area contributed by atoms with Crippen LogP contribution in [0.25, 0.3) is 0 Å². The van der Waals surface area contributed by atoms with Crippen LogP contribution in [0.2, 0.25) is 0 Å². The number of rotatable bonds is 6. The average Bonchev–Trinajstić information content (AvgIpc) is 3.23. The van der Waals surface area contributed by atoms with Crippen molar-refractivity contribution < 1.29 is 4.79 Å².